The molecule has 0 unspecified atom stereocenters. The Kier molecular flexibility index (Phi) is 7.40. The van der Waals surface area contributed by atoms with Gasteiger partial charge in [0.1, 0.15) is 5.75 Å². The van der Waals surface area contributed by atoms with Crippen LogP contribution in [0.4, 0.5) is 17.1 Å². The molecule has 0 aromatic heterocycles. The summed E-state index contributed by atoms with van der Waals surface area (Å²) >= 11 is 0. The normalized spacial score (nSPS) is 12.4. The molecule has 51 heavy (non-hydrogen) atoms. The fourth-order valence-electron chi connectivity index (χ4n) is 7.95. The minimum absolute atomic E-state index is 0.0185. The maximum Gasteiger partial charge on any atom is 0.335 e. The molecular weight excluding hydrogens is 628 g/mol. The maximum absolute atomic E-state index is 11.8. The molecule has 0 fully saturated rings. The minimum Gasteiger partial charge on any atom is -0.478 e. The number of anilines is 3. The van der Waals surface area contributed by atoms with Crippen LogP contribution >= 0.6 is 0 Å². The van der Waals surface area contributed by atoms with Crippen LogP contribution in [0.15, 0.2) is 164 Å². The zero-order chi connectivity index (χ0) is 34.5. The molecule has 0 atom stereocenters. The highest BCUT2D eigenvalue weighted by atomic mass is 16.5. The smallest absolute Gasteiger partial charge is 0.335 e. The van der Waals surface area contributed by atoms with Crippen LogP contribution in [0.25, 0.3) is 22.3 Å². The Bertz CT molecular complexity index is 2450. The lowest BCUT2D eigenvalue weighted by Crippen LogP contribution is -2.65. The van der Waals surface area contributed by atoms with Crippen molar-refractivity contribution in [3.8, 4) is 28.0 Å². The van der Waals surface area contributed by atoms with Gasteiger partial charge in [-0.05, 0) is 80.5 Å². The number of hydrogen-bond acceptors (Lipinski definition) is 4. The van der Waals surface area contributed by atoms with E-state index in [2.05, 4.69) is 120 Å². The van der Waals surface area contributed by atoms with E-state index in [4.69, 9.17) is 4.74 Å². The van der Waals surface area contributed by atoms with Crippen molar-refractivity contribution in [1.82, 2.24) is 0 Å². The Morgan fingerprint density at radius 1 is 0.529 bits per heavy atom. The van der Waals surface area contributed by atoms with Gasteiger partial charge in [0.25, 0.3) is 6.47 Å². The Hall–Kier alpha value is -6.59. The van der Waals surface area contributed by atoms with E-state index in [1.54, 1.807) is 12.1 Å². The Morgan fingerprint density at radius 3 is 1.67 bits per heavy atom. The maximum atomic E-state index is 11.8. The average Bonchev–Trinajstić information content (AvgIpc) is 3.18. The van der Waals surface area contributed by atoms with Gasteiger partial charge < -0.3 is 14.7 Å². The van der Waals surface area contributed by atoms with E-state index in [-0.39, 0.29) is 19.0 Å². The van der Waals surface area contributed by atoms with Crippen LogP contribution in [0, 0.1) is 0 Å². The number of carboxylic acids is 1. The van der Waals surface area contributed by atoms with E-state index in [0.717, 1.165) is 33.6 Å². The monoisotopic (exact) mass is 657 g/mol. The standard InChI is InChI=1S/C44H29B2NO4/c48-28-51-36-22-19-29(20-23-36)32-21-24-42-38(25-32)46(35-11-5-2-6-12-35)40-27-33(30-15-17-31(18-16-30)44(49)50)26-39-43(40)47(42)41-14-8-7-13-37(41)45(39)34-9-3-1-4-10-34/h1-28H,(H,49,50). The largest absolute Gasteiger partial charge is 0.478 e. The van der Waals surface area contributed by atoms with Crippen LogP contribution in [0.5, 0.6) is 5.75 Å². The highest BCUT2D eigenvalue weighted by molar-refractivity contribution is 7.02. The summed E-state index contributed by atoms with van der Waals surface area (Å²) in [4.78, 5) is 25.2. The summed E-state index contributed by atoms with van der Waals surface area (Å²) in [7, 11) is 0. The average molecular weight is 657 g/mol. The van der Waals surface area contributed by atoms with Gasteiger partial charge in [0.15, 0.2) is 0 Å². The van der Waals surface area contributed by atoms with Crippen molar-refractivity contribution >= 4 is 75.7 Å². The van der Waals surface area contributed by atoms with Gasteiger partial charge in [-0.2, -0.15) is 0 Å². The topological polar surface area (TPSA) is 66.8 Å². The first kappa shape index (κ1) is 30.5. The van der Waals surface area contributed by atoms with Crippen LogP contribution in [0.2, 0.25) is 0 Å². The number of nitrogens with zero attached hydrogens (tertiary/aromatic N) is 1. The number of fused-ring (bicyclic) bond motifs is 4. The molecule has 0 aliphatic carbocycles. The highest BCUT2D eigenvalue weighted by Gasteiger charge is 2.43. The summed E-state index contributed by atoms with van der Waals surface area (Å²) in [6.07, 6.45) is 0. The van der Waals surface area contributed by atoms with Gasteiger partial charge in [-0.25, -0.2) is 4.79 Å². The molecule has 7 aromatic carbocycles. The summed E-state index contributed by atoms with van der Waals surface area (Å²) in [5.74, 6) is -0.446. The van der Waals surface area contributed by atoms with Crippen molar-refractivity contribution in [2.24, 2.45) is 0 Å². The van der Waals surface area contributed by atoms with E-state index >= 15 is 0 Å². The van der Waals surface area contributed by atoms with Crippen LogP contribution in [0.1, 0.15) is 10.4 Å². The summed E-state index contributed by atoms with van der Waals surface area (Å²) in [6, 6.07) is 56.1. The zero-order valence-corrected chi connectivity index (χ0v) is 27.4. The summed E-state index contributed by atoms with van der Waals surface area (Å²) in [5, 5.41) is 9.65. The summed E-state index contributed by atoms with van der Waals surface area (Å²) < 4.78 is 5.07. The van der Waals surface area contributed by atoms with Gasteiger partial charge >= 0.3 is 5.97 Å². The number of ether oxygens (including phenoxy) is 1. The number of carboxylic acid groups (broad SMARTS) is 1. The SMILES string of the molecule is O=COc1ccc(-c2ccc3c(c2)B(c2ccccc2)c2cc(-c4ccc(C(=O)O)cc4)cc4c2N3c2ccccc2B4c2ccccc2)cc1. The molecule has 1 N–H and O–H groups in total. The molecule has 2 aliphatic rings. The number of rotatable bonds is 7. The van der Waals surface area contributed by atoms with Crippen LogP contribution in [0.3, 0.4) is 0 Å². The van der Waals surface area contributed by atoms with E-state index in [1.165, 1.54) is 38.5 Å². The van der Waals surface area contributed by atoms with Crippen molar-refractivity contribution in [1.29, 1.82) is 0 Å². The molecule has 2 heterocycles. The third-order valence-electron chi connectivity index (χ3n) is 10.2. The molecule has 0 saturated heterocycles. The number of aromatic carboxylic acids is 1. The first-order chi connectivity index (χ1) is 25.1. The third kappa shape index (κ3) is 5.13. The Labute approximate surface area is 296 Å². The second-order valence-electron chi connectivity index (χ2n) is 13.0. The predicted octanol–water partition coefficient (Wildman–Crippen LogP) is 5.38. The molecule has 0 radical (unpaired) electrons. The summed E-state index contributed by atoms with van der Waals surface area (Å²) in [6.45, 7) is 0.330. The molecular formula is C44H29B2NO4. The van der Waals surface area contributed by atoms with E-state index < -0.39 is 5.97 Å². The second kappa shape index (κ2) is 12.4. The summed E-state index contributed by atoms with van der Waals surface area (Å²) in [5.41, 5.74) is 15.0. The van der Waals surface area contributed by atoms with E-state index in [1.807, 2.05) is 36.4 Å². The molecule has 0 bridgehead atoms. The lowest BCUT2D eigenvalue weighted by atomic mass is 9.30. The molecule has 240 valence electrons. The quantitative estimate of drug-likeness (QED) is 0.184. The van der Waals surface area contributed by atoms with Crippen LogP contribution < -0.4 is 42.4 Å². The molecule has 2 aliphatic heterocycles. The van der Waals surface area contributed by atoms with Crippen molar-refractivity contribution in [3.05, 3.63) is 169 Å². The molecule has 7 aromatic rings. The lowest BCUT2D eigenvalue weighted by molar-refractivity contribution is -0.120. The van der Waals surface area contributed by atoms with Crippen LogP contribution in [-0.4, -0.2) is 31.0 Å². The molecule has 0 saturated carbocycles. The third-order valence-corrected chi connectivity index (χ3v) is 10.2. The number of carbonyl (C=O) groups is 2. The first-order valence-electron chi connectivity index (χ1n) is 16.9. The first-order valence-corrected chi connectivity index (χ1v) is 16.9. The number of hydrogen-bond donors (Lipinski definition) is 1. The minimum atomic E-state index is -0.944. The van der Waals surface area contributed by atoms with E-state index in [0.29, 0.717) is 12.2 Å². The number of para-hydroxylation sites is 1. The lowest BCUT2D eigenvalue weighted by Gasteiger charge is -2.44. The second-order valence-corrected chi connectivity index (χ2v) is 13.0. The molecule has 9 rings (SSSR count). The Balaban J connectivity index is 1.34. The van der Waals surface area contributed by atoms with Gasteiger partial charge in [0.05, 0.1) is 5.56 Å². The van der Waals surface area contributed by atoms with Crippen molar-refractivity contribution in [2.45, 2.75) is 0 Å². The van der Waals surface area contributed by atoms with E-state index in [9.17, 15) is 14.7 Å². The highest BCUT2D eigenvalue weighted by Crippen LogP contribution is 2.39. The molecule has 0 spiro atoms. The van der Waals surface area contributed by atoms with Crippen molar-refractivity contribution in [3.63, 3.8) is 0 Å². The zero-order valence-electron chi connectivity index (χ0n) is 27.4. The number of benzene rings is 7. The van der Waals surface area contributed by atoms with Gasteiger partial charge in [-0.3, -0.25) is 4.79 Å². The Morgan fingerprint density at radius 2 is 1.04 bits per heavy atom. The molecule has 0 amide bonds. The van der Waals surface area contributed by atoms with Gasteiger partial charge in [-0.15, -0.1) is 0 Å². The fourth-order valence-corrected chi connectivity index (χ4v) is 7.95. The molecule has 5 nitrogen and oxygen atoms in total. The van der Waals surface area contributed by atoms with Gasteiger partial charge in [-0.1, -0.05) is 138 Å². The molecule has 7 heteroatoms. The van der Waals surface area contributed by atoms with Crippen molar-refractivity contribution in [2.75, 3.05) is 4.90 Å². The number of carbonyl (C=O) groups excluding carboxylic acids is 1. The van der Waals surface area contributed by atoms with Gasteiger partial charge in [0, 0.05) is 17.1 Å². The van der Waals surface area contributed by atoms with Crippen molar-refractivity contribution < 1.29 is 19.4 Å². The fraction of sp³-hybridized carbons (Fsp3) is 0. The van der Waals surface area contributed by atoms with Crippen LogP contribution in [-0.2, 0) is 4.79 Å². The van der Waals surface area contributed by atoms with Gasteiger partial charge in [0.2, 0.25) is 13.4 Å². The predicted molar refractivity (Wildman–Crippen MR) is 208 cm³/mol.